The topological polar surface area (TPSA) is 110 Å². The number of hydrogen-bond donors (Lipinski definition) is 1. The lowest BCUT2D eigenvalue weighted by molar-refractivity contribution is -0.126. The molecule has 1 N–H and O–H groups in total. The molecule has 1 amide bonds. The van der Waals surface area contributed by atoms with E-state index >= 15 is 0 Å². The number of amides is 1. The highest BCUT2D eigenvalue weighted by molar-refractivity contribution is 7.88. The smallest absolute Gasteiger partial charge is 0.234 e. The summed E-state index contributed by atoms with van der Waals surface area (Å²) >= 11 is 1.39. The number of nitrogens with one attached hydrogen (secondary N) is 1. The van der Waals surface area contributed by atoms with Crippen LogP contribution in [0.4, 0.5) is 0 Å². The highest BCUT2D eigenvalue weighted by atomic mass is 32.2. The van der Waals surface area contributed by atoms with Crippen molar-refractivity contribution in [1.82, 2.24) is 29.4 Å². The van der Waals surface area contributed by atoms with Gasteiger partial charge in [-0.25, -0.2) is 12.7 Å². The van der Waals surface area contributed by atoms with Crippen LogP contribution in [0.5, 0.6) is 0 Å². The van der Waals surface area contributed by atoms with Crippen LogP contribution in [-0.4, -0.2) is 57.8 Å². The fraction of sp³-hybridized carbons (Fsp3) is 0.667. The van der Waals surface area contributed by atoms with Gasteiger partial charge in [0.1, 0.15) is 5.01 Å². The summed E-state index contributed by atoms with van der Waals surface area (Å²) in [5.41, 5.74) is 0. The largest absolute Gasteiger partial charge is 0.349 e. The number of hydrogen-bond acceptors (Lipinski definition) is 7. The zero-order valence-corrected chi connectivity index (χ0v) is 14.5. The Hall–Kier alpha value is -1.59. The minimum Gasteiger partial charge on any atom is -0.349 e. The van der Waals surface area contributed by atoms with E-state index in [1.807, 2.05) is 6.92 Å². The van der Waals surface area contributed by atoms with Crippen molar-refractivity contribution in [1.29, 1.82) is 0 Å². The number of piperidine rings is 1. The normalized spacial score (nSPS) is 17.7. The van der Waals surface area contributed by atoms with Crippen molar-refractivity contribution in [3.8, 4) is 0 Å². The highest BCUT2D eigenvalue weighted by Crippen LogP contribution is 2.20. The van der Waals surface area contributed by atoms with E-state index in [1.165, 1.54) is 21.9 Å². The van der Waals surface area contributed by atoms with E-state index in [2.05, 4.69) is 20.6 Å². The molecule has 0 atom stereocenters. The Kier molecular flexibility index (Phi) is 4.34. The quantitative estimate of drug-likeness (QED) is 0.809. The molecule has 0 aliphatic carbocycles. The lowest BCUT2D eigenvalue weighted by atomic mass is 9.97. The molecule has 3 heterocycles. The van der Waals surface area contributed by atoms with Gasteiger partial charge in [-0.1, -0.05) is 11.3 Å². The van der Waals surface area contributed by atoms with Gasteiger partial charge in [0.15, 0.2) is 5.82 Å². The van der Waals surface area contributed by atoms with Gasteiger partial charge in [-0.15, -0.1) is 10.2 Å². The van der Waals surface area contributed by atoms with Gasteiger partial charge in [-0.05, 0) is 19.8 Å². The second kappa shape index (κ2) is 6.13. The third-order valence-electron chi connectivity index (χ3n) is 3.90. The number of nitrogens with zero attached hydrogens (tertiary/aromatic N) is 5. The zero-order chi connectivity index (χ0) is 16.6. The fourth-order valence-corrected chi connectivity index (χ4v) is 4.28. The Morgan fingerprint density at radius 1 is 1.35 bits per heavy atom. The van der Waals surface area contributed by atoms with Crippen LogP contribution in [0.15, 0.2) is 0 Å². The molecule has 11 heteroatoms. The van der Waals surface area contributed by atoms with Crippen molar-refractivity contribution < 1.29 is 13.2 Å². The summed E-state index contributed by atoms with van der Waals surface area (Å²) in [6.45, 7) is 2.95. The van der Waals surface area contributed by atoms with Crippen LogP contribution in [0.2, 0.25) is 0 Å². The summed E-state index contributed by atoms with van der Waals surface area (Å²) in [6, 6.07) is 0. The average Bonchev–Trinajstić information content (AvgIpc) is 3.06. The third-order valence-corrected chi connectivity index (χ3v) is 6.10. The number of sulfonamides is 1. The van der Waals surface area contributed by atoms with Crippen molar-refractivity contribution in [3.05, 3.63) is 10.8 Å². The molecule has 0 radical (unpaired) electrons. The summed E-state index contributed by atoms with van der Waals surface area (Å²) in [5, 5.41) is 15.9. The molecule has 9 nitrogen and oxygen atoms in total. The second-order valence-corrected chi connectivity index (χ2v) is 8.61. The van der Waals surface area contributed by atoms with Crippen LogP contribution in [0, 0.1) is 12.8 Å². The number of aromatic nitrogens is 4. The summed E-state index contributed by atoms with van der Waals surface area (Å²) in [4.78, 5) is 12.9. The Labute approximate surface area is 137 Å². The first-order chi connectivity index (χ1) is 10.8. The molecule has 1 saturated heterocycles. The molecule has 0 aromatic carbocycles. The van der Waals surface area contributed by atoms with E-state index in [-0.39, 0.29) is 11.8 Å². The lowest BCUT2D eigenvalue weighted by Gasteiger charge is -2.29. The number of rotatable bonds is 4. The van der Waals surface area contributed by atoms with Crippen molar-refractivity contribution in [3.63, 3.8) is 0 Å². The Bertz CT molecular complexity index is 819. The number of carbonyl (C=O) groups is 1. The molecule has 0 saturated carbocycles. The molecular weight excluding hydrogens is 340 g/mol. The first-order valence-electron chi connectivity index (χ1n) is 7.25. The zero-order valence-electron chi connectivity index (χ0n) is 12.9. The molecule has 2 aromatic heterocycles. The van der Waals surface area contributed by atoms with Crippen molar-refractivity contribution in [2.45, 2.75) is 26.3 Å². The summed E-state index contributed by atoms with van der Waals surface area (Å²) < 4.78 is 26.0. The summed E-state index contributed by atoms with van der Waals surface area (Å²) in [6.07, 6.45) is 2.29. The van der Waals surface area contributed by atoms with Gasteiger partial charge in [0.25, 0.3) is 0 Å². The van der Waals surface area contributed by atoms with Gasteiger partial charge in [-0.3, -0.25) is 4.79 Å². The predicted molar refractivity (Wildman–Crippen MR) is 84.4 cm³/mol. The Balaban J connectivity index is 1.53. The van der Waals surface area contributed by atoms with Crippen LogP contribution in [0.1, 0.15) is 23.7 Å². The molecule has 0 spiro atoms. The average molecular weight is 358 g/mol. The van der Waals surface area contributed by atoms with Gasteiger partial charge in [0.2, 0.25) is 20.9 Å². The van der Waals surface area contributed by atoms with Crippen LogP contribution >= 0.6 is 11.3 Å². The molecular formula is C12H18N6O3S2. The first kappa shape index (κ1) is 16.3. The van der Waals surface area contributed by atoms with E-state index < -0.39 is 10.0 Å². The molecule has 1 aliphatic rings. The number of carbonyl (C=O) groups excluding carboxylic acids is 1. The van der Waals surface area contributed by atoms with Crippen LogP contribution < -0.4 is 5.32 Å². The minimum atomic E-state index is -3.17. The lowest BCUT2D eigenvalue weighted by Crippen LogP contribution is -2.42. The molecule has 0 bridgehead atoms. The molecule has 126 valence electrons. The van der Waals surface area contributed by atoms with Crippen molar-refractivity contribution in [2.24, 2.45) is 5.92 Å². The fourth-order valence-electron chi connectivity index (χ4n) is 2.58. The Morgan fingerprint density at radius 3 is 2.65 bits per heavy atom. The number of aryl methyl sites for hydroxylation is 1. The molecule has 23 heavy (non-hydrogen) atoms. The van der Waals surface area contributed by atoms with Gasteiger partial charge in [-0.2, -0.15) is 9.61 Å². The Morgan fingerprint density at radius 2 is 2.04 bits per heavy atom. The van der Waals surface area contributed by atoms with E-state index in [0.717, 1.165) is 5.01 Å². The number of fused-ring (bicyclic) bond motifs is 1. The van der Waals surface area contributed by atoms with Crippen LogP contribution in [0.25, 0.3) is 4.96 Å². The third kappa shape index (κ3) is 3.51. The van der Waals surface area contributed by atoms with Crippen LogP contribution in [-0.2, 0) is 21.4 Å². The first-order valence-corrected chi connectivity index (χ1v) is 9.91. The maximum Gasteiger partial charge on any atom is 0.234 e. The summed E-state index contributed by atoms with van der Waals surface area (Å²) in [7, 11) is -3.17. The monoisotopic (exact) mass is 358 g/mol. The summed E-state index contributed by atoms with van der Waals surface area (Å²) in [5.74, 6) is 0.503. The van der Waals surface area contributed by atoms with Crippen LogP contribution in [0.3, 0.4) is 0 Å². The second-order valence-electron chi connectivity index (χ2n) is 5.59. The van der Waals surface area contributed by atoms with E-state index in [4.69, 9.17) is 0 Å². The maximum atomic E-state index is 12.2. The maximum absolute atomic E-state index is 12.2. The highest BCUT2D eigenvalue weighted by Gasteiger charge is 2.28. The molecule has 1 fully saturated rings. The minimum absolute atomic E-state index is 0.0548. The molecule has 2 aromatic rings. The van der Waals surface area contributed by atoms with Gasteiger partial charge in [0, 0.05) is 19.0 Å². The standard InChI is InChI=1S/C12H18N6O3S2/c1-8-14-15-12-18(8)16-10(22-12)7-13-11(19)9-3-5-17(6-4-9)23(2,20)21/h9H,3-7H2,1-2H3,(H,13,19). The van der Waals surface area contributed by atoms with Gasteiger partial charge in [0.05, 0.1) is 12.8 Å². The van der Waals surface area contributed by atoms with E-state index in [9.17, 15) is 13.2 Å². The molecule has 3 rings (SSSR count). The van der Waals surface area contributed by atoms with Gasteiger partial charge >= 0.3 is 0 Å². The predicted octanol–water partition coefficient (Wildman–Crippen LogP) is -0.218. The van der Waals surface area contributed by atoms with Crippen molar-refractivity contribution >= 4 is 32.2 Å². The van der Waals surface area contributed by atoms with Crippen molar-refractivity contribution in [2.75, 3.05) is 19.3 Å². The van der Waals surface area contributed by atoms with Gasteiger partial charge < -0.3 is 5.32 Å². The SMILES string of the molecule is Cc1nnc2sc(CNC(=O)C3CCN(S(C)(=O)=O)CC3)nn12. The van der Waals surface area contributed by atoms with E-state index in [1.54, 1.807) is 4.52 Å². The molecule has 0 unspecified atom stereocenters. The molecule has 1 aliphatic heterocycles. The van der Waals surface area contributed by atoms with E-state index in [0.29, 0.717) is 43.3 Å².